The number of carboxylic acids is 1. The van der Waals surface area contributed by atoms with E-state index in [-0.39, 0.29) is 5.41 Å². The van der Waals surface area contributed by atoms with E-state index in [1.54, 1.807) is 0 Å². The smallest absolute Gasteiger partial charge is 0.321 e. The Morgan fingerprint density at radius 3 is 2.65 bits per heavy atom. The highest BCUT2D eigenvalue weighted by molar-refractivity contribution is 5.73. The van der Waals surface area contributed by atoms with Gasteiger partial charge < -0.3 is 15.7 Å². The maximum atomic E-state index is 11.5. The molecule has 2 aliphatic carbocycles. The minimum atomic E-state index is -0.772. The molecule has 2 saturated carbocycles. The van der Waals surface area contributed by atoms with E-state index < -0.39 is 12.0 Å². The second-order valence-electron chi connectivity index (χ2n) is 7.08. The second-order valence-corrected chi connectivity index (χ2v) is 7.08. The lowest BCUT2D eigenvalue weighted by atomic mass is 10.0. The SMILES string of the molecule is C=C[C@@H]1C[C@H]1NCC1(CN[C@@H](Cc2ccccc2)C(=O)O)CC1. The maximum absolute atomic E-state index is 11.5. The van der Waals surface area contributed by atoms with Gasteiger partial charge in [-0.05, 0) is 42.6 Å². The number of nitrogens with one attached hydrogen (secondary N) is 2. The molecule has 23 heavy (non-hydrogen) atoms. The van der Waals surface area contributed by atoms with Gasteiger partial charge in [0, 0.05) is 19.1 Å². The molecule has 3 N–H and O–H groups in total. The van der Waals surface area contributed by atoms with Crippen molar-refractivity contribution in [2.75, 3.05) is 13.1 Å². The maximum Gasteiger partial charge on any atom is 0.321 e. The highest BCUT2D eigenvalue weighted by Gasteiger charge is 2.45. The Labute approximate surface area is 138 Å². The Morgan fingerprint density at radius 1 is 1.35 bits per heavy atom. The van der Waals surface area contributed by atoms with Crippen LogP contribution in [0, 0.1) is 11.3 Å². The molecule has 0 spiro atoms. The molecule has 1 aromatic rings. The summed E-state index contributed by atoms with van der Waals surface area (Å²) in [5, 5.41) is 16.3. The van der Waals surface area contributed by atoms with Crippen LogP contribution in [0.1, 0.15) is 24.8 Å². The van der Waals surface area contributed by atoms with Crippen LogP contribution in [0.25, 0.3) is 0 Å². The molecule has 0 amide bonds. The fourth-order valence-electron chi connectivity index (χ4n) is 3.09. The number of hydrogen-bond donors (Lipinski definition) is 3. The van der Waals surface area contributed by atoms with Gasteiger partial charge in [-0.1, -0.05) is 36.4 Å². The molecule has 2 aliphatic rings. The number of aliphatic carboxylic acids is 1. The zero-order valence-corrected chi connectivity index (χ0v) is 13.5. The normalized spacial score (nSPS) is 25.6. The number of carbonyl (C=O) groups is 1. The van der Waals surface area contributed by atoms with Crippen molar-refractivity contribution in [1.29, 1.82) is 0 Å². The van der Waals surface area contributed by atoms with Crippen molar-refractivity contribution in [1.82, 2.24) is 10.6 Å². The first-order valence-electron chi connectivity index (χ1n) is 8.48. The average molecular weight is 314 g/mol. The van der Waals surface area contributed by atoms with Gasteiger partial charge in [-0.25, -0.2) is 0 Å². The van der Waals surface area contributed by atoms with Gasteiger partial charge in [0.1, 0.15) is 6.04 Å². The molecule has 124 valence electrons. The lowest BCUT2D eigenvalue weighted by molar-refractivity contribution is -0.139. The van der Waals surface area contributed by atoms with Crippen LogP contribution in [-0.2, 0) is 11.2 Å². The highest BCUT2D eigenvalue weighted by Crippen LogP contribution is 2.45. The predicted molar refractivity (Wildman–Crippen MR) is 91.3 cm³/mol. The molecular weight excluding hydrogens is 288 g/mol. The van der Waals surface area contributed by atoms with E-state index in [4.69, 9.17) is 0 Å². The highest BCUT2D eigenvalue weighted by atomic mass is 16.4. The molecule has 0 aromatic heterocycles. The molecule has 3 atom stereocenters. The van der Waals surface area contributed by atoms with E-state index in [2.05, 4.69) is 17.2 Å². The van der Waals surface area contributed by atoms with E-state index in [9.17, 15) is 9.90 Å². The van der Waals surface area contributed by atoms with E-state index >= 15 is 0 Å². The van der Waals surface area contributed by atoms with Gasteiger partial charge in [-0.2, -0.15) is 0 Å². The third-order valence-corrected chi connectivity index (χ3v) is 5.14. The molecular formula is C19H26N2O2. The van der Waals surface area contributed by atoms with Crippen LogP contribution >= 0.6 is 0 Å². The van der Waals surface area contributed by atoms with Gasteiger partial charge in [0.15, 0.2) is 0 Å². The lowest BCUT2D eigenvalue weighted by Gasteiger charge is -2.21. The largest absolute Gasteiger partial charge is 0.480 e. The monoisotopic (exact) mass is 314 g/mol. The zero-order valence-electron chi connectivity index (χ0n) is 13.5. The summed E-state index contributed by atoms with van der Waals surface area (Å²) in [4.78, 5) is 11.5. The number of benzene rings is 1. The number of carboxylic acid groups (broad SMARTS) is 1. The van der Waals surface area contributed by atoms with Crippen LogP contribution in [0.3, 0.4) is 0 Å². The first-order chi connectivity index (χ1) is 11.1. The fraction of sp³-hybridized carbons (Fsp3) is 0.526. The van der Waals surface area contributed by atoms with Crippen molar-refractivity contribution >= 4 is 5.97 Å². The summed E-state index contributed by atoms with van der Waals surface area (Å²) < 4.78 is 0. The van der Waals surface area contributed by atoms with Gasteiger partial charge in [0.05, 0.1) is 0 Å². The molecule has 4 heteroatoms. The van der Waals surface area contributed by atoms with E-state index in [1.807, 2.05) is 36.4 Å². The van der Waals surface area contributed by atoms with Gasteiger partial charge in [0.25, 0.3) is 0 Å². The summed E-state index contributed by atoms with van der Waals surface area (Å²) in [6.45, 7) is 5.59. The molecule has 0 bridgehead atoms. The second kappa shape index (κ2) is 6.85. The predicted octanol–water partition coefficient (Wildman–Crippen LogP) is 2.22. The summed E-state index contributed by atoms with van der Waals surface area (Å²) in [7, 11) is 0. The minimum absolute atomic E-state index is 0.249. The Morgan fingerprint density at radius 2 is 2.09 bits per heavy atom. The fourth-order valence-corrected chi connectivity index (χ4v) is 3.09. The van der Waals surface area contributed by atoms with Crippen LogP contribution in [-0.4, -0.2) is 36.2 Å². The van der Waals surface area contributed by atoms with Gasteiger partial charge in [-0.15, -0.1) is 6.58 Å². The summed E-state index contributed by atoms with van der Waals surface area (Å²) in [5.74, 6) is -0.143. The topological polar surface area (TPSA) is 61.4 Å². The van der Waals surface area contributed by atoms with Crippen LogP contribution in [0.4, 0.5) is 0 Å². The van der Waals surface area contributed by atoms with Crippen LogP contribution in [0.5, 0.6) is 0 Å². The number of rotatable bonds is 10. The molecule has 2 fully saturated rings. The first kappa shape index (κ1) is 16.2. The van der Waals surface area contributed by atoms with E-state index in [1.165, 1.54) is 19.3 Å². The molecule has 1 aromatic carbocycles. The molecule has 0 saturated heterocycles. The average Bonchev–Trinajstić information content (AvgIpc) is 3.46. The molecule has 0 radical (unpaired) electrons. The lowest BCUT2D eigenvalue weighted by Crippen LogP contribution is -2.43. The summed E-state index contributed by atoms with van der Waals surface area (Å²) in [6, 6.07) is 9.88. The summed E-state index contributed by atoms with van der Waals surface area (Å²) in [5.41, 5.74) is 1.31. The van der Waals surface area contributed by atoms with E-state index in [0.29, 0.717) is 18.4 Å². The minimum Gasteiger partial charge on any atom is -0.480 e. The third kappa shape index (κ3) is 4.43. The third-order valence-electron chi connectivity index (χ3n) is 5.14. The Bertz CT molecular complexity index is 554. The van der Waals surface area contributed by atoms with Gasteiger partial charge >= 0.3 is 5.97 Å². The van der Waals surface area contributed by atoms with Gasteiger partial charge in [-0.3, -0.25) is 4.79 Å². The summed E-state index contributed by atoms with van der Waals surface area (Å²) in [6.07, 6.45) is 6.10. The van der Waals surface area contributed by atoms with Crippen molar-refractivity contribution in [2.45, 2.75) is 37.8 Å². The Hall–Kier alpha value is -1.65. The number of hydrogen-bond acceptors (Lipinski definition) is 3. The molecule has 4 nitrogen and oxygen atoms in total. The Balaban J connectivity index is 1.46. The van der Waals surface area contributed by atoms with Crippen molar-refractivity contribution in [3.8, 4) is 0 Å². The zero-order chi connectivity index (χ0) is 16.3. The van der Waals surface area contributed by atoms with Crippen molar-refractivity contribution in [3.63, 3.8) is 0 Å². The standard InChI is InChI=1S/C19H26N2O2/c1-2-15-11-16(15)20-12-19(8-9-19)13-21-17(18(22)23)10-14-6-4-3-5-7-14/h2-7,15-17,20-21H,1,8-13H2,(H,22,23)/t15-,16-,17+/m1/s1. The van der Waals surface area contributed by atoms with Gasteiger partial charge in [0.2, 0.25) is 0 Å². The van der Waals surface area contributed by atoms with Crippen molar-refractivity contribution in [2.24, 2.45) is 11.3 Å². The molecule has 0 unspecified atom stereocenters. The molecule has 0 heterocycles. The summed E-state index contributed by atoms with van der Waals surface area (Å²) >= 11 is 0. The Kier molecular flexibility index (Phi) is 4.83. The molecule has 0 aliphatic heterocycles. The van der Waals surface area contributed by atoms with Crippen molar-refractivity contribution in [3.05, 3.63) is 48.6 Å². The van der Waals surface area contributed by atoms with Crippen molar-refractivity contribution < 1.29 is 9.90 Å². The quantitative estimate of drug-likeness (QED) is 0.580. The van der Waals surface area contributed by atoms with Crippen LogP contribution in [0.2, 0.25) is 0 Å². The molecule has 3 rings (SSSR count). The first-order valence-corrected chi connectivity index (χ1v) is 8.48. The van der Waals surface area contributed by atoms with E-state index in [0.717, 1.165) is 18.7 Å². The van der Waals surface area contributed by atoms with Crippen LogP contribution < -0.4 is 10.6 Å². The van der Waals surface area contributed by atoms with Crippen LogP contribution in [0.15, 0.2) is 43.0 Å².